The molecule has 3 aromatic rings. The molecule has 0 aliphatic heterocycles. The van der Waals surface area contributed by atoms with Crippen molar-refractivity contribution >= 4 is 23.4 Å². The Balaban J connectivity index is 1.42. The maximum atomic E-state index is 13.0. The summed E-state index contributed by atoms with van der Waals surface area (Å²) in [6.07, 6.45) is 5.50. The minimum absolute atomic E-state index is 0.0301. The van der Waals surface area contributed by atoms with Crippen LogP contribution >= 0.6 is 11.6 Å². The molecule has 0 radical (unpaired) electrons. The first-order chi connectivity index (χ1) is 14.0. The van der Waals surface area contributed by atoms with E-state index in [1.807, 2.05) is 35.0 Å². The molecule has 0 fully saturated rings. The van der Waals surface area contributed by atoms with Crippen molar-refractivity contribution in [3.8, 4) is 0 Å². The van der Waals surface area contributed by atoms with Gasteiger partial charge >= 0.3 is 0 Å². The third kappa shape index (κ3) is 6.15. The van der Waals surface area contributed by atoms with Crippen molar-refractivity contribution in [2.24, 2.45) is 0 Å². The molecular formula is C21H20ClFN4O2. The standard InChI is InChI=1S/C21H20ClFN4O2/c22-19-11-17(23)4-5-18(19)21(29)25-7-6-20(28)26-12-15-2-1-3-16(10-15)13-27-9-8-24-14-27/h1-5,8-11,14H,6-7,12-13H2,(H,25,29)(H,26,28). The molecule has 0 atom stereocenters. The first-order valence-electron chi connectivity index (χ1n) is 9.05. The maximum Gasteiger partial charge on any atom is 0.252 e. The summed E-state index contributed by atoms with van der Waals surface area (Å²) in [5, 5.41) is 5.47. The number of amides is 2. The van der Waals surface area contributed by atoms with Crippen molar-refractivity contribution in [2.75, 3.05) is 6.54 Å². The van der Waals surface area contributed by atoms with Crippen LogP contribution in [-0.4, -0.2) is 27.9 Å². The Bertz CT molecular complexity index is 992. The van der Waals surface area contributed by atoms with E-state index < -0.39 is 11.7 Å². The number of nitrogens with zero attached hydrogens (tertiary/aromatic N) is 2. The summed E-state index contributed by atoms with van der Waals surface area (Å²) in [7, 11) is 0. The van der Waals surface area contributed by atoms with Gasteiger partial charge in [-0.25, -0.2) is 9.37 Å². The van der Waals surface area contributed by atoms with E-state index in [0.29, 0.717) is 13.1 Å². The monoisotopic (exact) mass is 414 g/mol. The minimum Gasteiger partial charge on any atom is -0.352 e. The van der Waals surface area contributed by atoms with E-state index in [2.05, 4.69) is 15.6 Å². The molecule has 0 spiro atoms. The van der Waals surface area contributed by atoms with Crippen molar-refractivity contribution in [1.29, 1.82) is 0 Å². The minimum atomic E-state index is -0.514. The maximum absolute atomic E-state index is 13.0. The van der Waals surface area contributed by atoms with Crippen LogP contribution < -0.4 is 10.6 Å². The lowest BCUT2D eigenvalue weighted by atomic mass is 10.1. The molecule has 0 saturated carbocycles. The van der Waals surface area contributed by atoms with Crippen LogP contribution in [-0.2, 0) is 17.9 Å². The number of hydrogen-bond donors (Lipinski definition) is 2. The lowest BCUT2D eigenvalue weighted by Crippen LogP contribution is -2.30. The van der Waals surface area contributed by atoms with Crippen molar-refractivity contribution in [2.45, 2.75) is 19.5 Å². The van der Waals surface area contributed by atoms with Crippen LogP contribution in [0, 0.1) is 5.82 Å². The fraction of sp³-hybridized carbons (Fsp3) is 0.190. The van der Waals surface area contributed by atoms with Gasteiger partial charge in [-0.05, 0) is 29.3 Å². The fourth-order valence-electron chi connectivity index (χ4n) is 2.78. The first kappa shape index (κ1) is 20.5. The van der Waals surface area contributed by atoms with Gasteiger partial charge in [0.1, 0.15) is 5.82 Å². The van der Waals surface area contributed by atoms with Gasteiger partial charge in [-0.3, -0.25) is 9.59 Å². The number of nitrogens with one attached hydrogen (secondary N) is 2. The third-order valence-electron chi connectivity index (χ3n) is 4.22. The molecule has 1 heterocycles. The molecule has 0 unspecified atom stereocenters. The van der Waals surface area contributed by atoms with Crippen LogP contribution in [0.5, 0.6) is 0 Å². The second-order valence-electron chi connectivity index (χ2n) is 6.46. The molecule has 2 aromatic carbocycles. The van der Waals surface area contributed by atoms with Crippen molar-refractivity contribution in [3.63, 3.8) is 0 Å². The molecule has 29 heavy (non-hydrogen) atoms. The van der Waals surface area contributed by atoms with Gasteiger partial charge in [0, 0.05) is 38.4 Å². The van der Waals surface area contributed by atoms with E-state index in [1.165, 1.54) is 6.07 Å². The molecule has 0 aliphatic carbocycles. The summed E-state index contributed by atoms with van der Waals surface area (Å²) in [5.41, 5.74) is 2.26. The summed E-state index contributed by atoms with van der Waals surface area (Å²) in [4.78, 5) is 28.1. The summed E-state index contributed by atoms with van der Waals surface area (Å²) < 4.78 is 15.0. The first-order valence-corrected chi connectivity index (χ1v) is 9.42. The highest BCUT2D eigenvalue weighted by Crippen LogP contribution is 2.16. The predicted molar refractivity (Wildman–Crippen MR) is 108 cm³/mol. The Labute approximate surface area is 172 Å². The molecule has 6 nitrogen and oxygen atoms in total. The molecule has 2 amide bonds. The van der Waals surface area contributed by atoms with Gasteiger partial charge in [-0.1, -0.05) is 35.9 Å². The lowest BCUT2D eigenvalue weighted by molar-refractivity contribution is -0.121. The van der Waals surface area contributed by atoms with E-state index in [9.17, 15) is 14.0 Å². The normalized spacial score (nSPS) is 10.6. The Hall–Kier alpha value is -3.19. The van der Waals surface area contributed by atoms with E-state index in [0.717, 1.165) is 23.3 Å². The molecule has 0 saturated heterocycles. The highest BCUT2D eigenvalue weighted by atomic mass is 35.5. The van der Waals surface area contributed by atoms with Crippen LogP contribution in [0.25, 0.3) is 0 Å². The highest BCUT2D eigenvalue weighted by Gasteiger charge is 2.11. The van der Waals surface area contributed by atoms with E-state index in [4.69, 9.17) is 11.6 Å². The van der Waals surface area contributed by atoms with Crippen molar-refractivity contribution in [3.05, 3.63) is 88.7 Å². The Morgan fingerprint density at radius 2 is 1.93 bits per heavy atom. The lowest BCUT2D eigenvalue weighted by Gasteiger charge is -2.09. The number of aromatic nitrogens is 2. The van der Waals surface area contributed by atoms with Gasteiger partial charge in [0.15, 0.2) is 0 Å². The zero-order valence-corrected chi connectivity index (χ0v) is 16.3. The number of carbonyl (C=O) groups is 2. The van der Waals surface area contributed by atoms with Gasteiger partial charge in [-0.2, -0.15) is 0 Å². The average molecular weight is 415 g/mol. The Morgan fingerprint density at radius 3 is 2.69 bits per heavy atom. The molecule has 8 heteroatoms. The molecule has 1 aromatic heterocycles. The van der Waals surface area contributed by atoms with E-state index in [-0.39, 0.29) is 29.5 Å². The number of hydrogen-bond acceptors (Lipinski definition) is 3. The predicted octanol–water partition coefficient (Wildman–Crippen LogP) is 3.16. The van der Waals surface area contributed by atoms with Crippen molar-refractivity contribution < 1.29 is 14.0 Å². The summed E-state index contributed by atoms with van der Waals surface area (Å²) in [6.45, 7) is 1.26. The summed E-state index contributed by atoms with van der Waals surface area (Å²) >= 11 is 5.86. The Kier molecular flexibility index (Phi) is 6.97. The van der Waals surface area contributed by atoms with Gasteiger partial charge in [0.2, 0.25) is 5.91 Å². The van der Waals surface area contributed by atoms with E-state index in [1.54, 1.807) is 12.5 Å². The summed E-state index contributed by atoms with van der Waals surface area (Å²) in [5.74, 6) is -1.15. The molecular weight excluding hydrogens is 395 g/mol. The second-order valence-corrected chi connectivity index (χ2v) is 6.87. The van der Waals surface area contributed by atoms with Crippen molar-refractivity contribution in [1.82, 2.24) is 20.2 Å². The molecule has 2 N–H and O–H groups in total. The Morgan fingerprint density at radius 1 is 1.10 bits per heavy atom. The molecule has 0 bridgehead atoms. The van der Waals surface area contributed by atoms with Gasteiger partial charge < -0.3 is 15.2 Å². The van der Waals surface area contributed by atoms with Crippen LogP contribution in [0.15, 0.2) is 61.2 Å². The quantitative estimate of drug-likeness (QED) is 0.594. The average Bonchev–Trinajstić information content (AvgIpc) is 3.19. The number of imidazole rings is 1. The largest absolute Gasteiger partial charge is 0.352 e. The fourth-order valence-corrected chi connectivity index (χ4v) is 3.03. The van der Waals surface area contributed by atoms with Gasteiger partial charge in [0.05, 0.1) is 16.9 Å². The van der Waals surface area contributed by atoms with Crippen LogP contribution in [0.3, 0.4) is 0 Å². The molecule has 3 rings (SSSR count). The van der Waals surface area contributed by atoms with E-state index >= 15 is 0 Å². The van der Waals surface area contributed by atoms with Crippen LogP contribution in [0.4, 0.5) is 4.39 Å². The smallest absolute Gasteiger partial charge is 0.252 e. The zero-order chi connectivity index (χ0) is 20.6. The number of halogens is 2. The second kappa shape index (κ2) is 9.84. The zero-order valence-electron chi connectivity index (χ0n) is 15.6. The van der Waals surface area contributed by atoms with Crippen LogP contribution in [0.2, 0.25) is 5.02 Å². The number of benzene rings is 2. The number of rotatable bonds is 8. The number of carbonyl (C=O) groups excluding carboxylic acids is 2. The molecule has 150 valence electrons. The van der Waals surface area contributed by atoms with Crippen LogP contribution in [0.1, 0.15) is 27.9 Å². The van der Waals surface area contributed by atoms with Gasteiger partial charge in [-0.15, -0.1) is 0 Å². The van der Waals surface area contributed by atoms with Gasteiger partial charge in [0.25, 0.3) is 5.91 Å². The summed E-state index contributed by atoms with van der Waals surface area (Å²) in [6, 6.07) is 11.5. The SMILES string of the molecule is O=C(CCNC(=O)c1ccc(F)cc1Cl)NCc1cccc(Cn2ccnc2)c1. The topological polar surface area (TPSA) is 76.0 Å². The third-order valence-corrected chi connectivity index (χ3v) is 4.53. The highest BCUT2D eigenvalue weighted by molar-refractivity contribution is 6.33. The molecule has 0 aliphatic rings.